The van der Waals surface area contributed by atoms with Crippen LogP contribution in [0, 0.1) is 6.92 Å². The van der Waals surface area contributed by atoms with Gasteiger partial charge in [-0.15, -0.1) is 11.3 Å². The van der Waals surface area contributed by atoms with E-state index >= 15 is 0 Å². The molecule has 0 unspecified atom stereocenters. The van der Waals surface area contributed by atoms with Crippen molar-refractivity contribution < 1.29 is 4.74 Å². The molecule has 0 spiro atoms. The first kappa shape index (κ1) is 19.4. The molecule has 5 heteroatoms. The van der Waals surface area contributed by atoms with Crippen molar-refractivity contribution in [2.24, 2.45) is 0 Å². The third-order valence-electron chi connectivity index (χ3n) is 4.95. The number of thiophene rings is 1. The summed E-state index contributed by atoms with van der Waals surface area (Å²) in [4.78, 5) is 11.4. The van der Waals surface area contributed by atoms with Gasteiger partial charge in [-0.2, -0.15) is 0 Å². The minimum atomic E-state index is 0.422. The molecule has 148 valence electrons. The lowest BCUT2D eigenvalue weighted by atomic mass is 10.0. The van der Waals surface area contributed by atoms with E-state index in [9.17, 15) is 0 Å². The highest BCUT2D eigenvalue weighted by Gasteiger charge is 2.18. The number of hydrogen-bond acceptors (Lipinski definition) is 5. The number of nitrogens with zero attached hydrogens (tertiary/aromatic N) is 2. The molecule has 4 rings (SSSR count). The van der Waals surface area contributed by atoms with Gasteiger partial charge in [-0.25, -0.2) is 9.97 Å². The van der Waals surface area contributed by atoms with Crippen molar-refractivity contribution in [1.82, 2.24) is 9.97 Å². The molecular formula is C24H25N3OS. The monoisotopic (exact) mass is 403 g/mol. The van der Waals surface area contributed by atoms with Crippen LogP contribution < -0.4 is 10.1 Å². The zero-order chi connectivity index (χ0) is 20.4. The number of nitrogens with one attached hydrogen (secondary N) is 1. The molecule has 0 atom stereocenters. The van der Waals surface area contributed by atoms with Gasteiger partial charge in [0.05, 0.1) is 12.0 Å². The van der Waals surface area contributed by atoms with Crippen LogP contribution in [0.15, 0.2) is 54.9 Å². The Bertz CT molecular complexity index is 1130. The highest BCUT2D eigenvalue weighted by Crippen LogP contribution is 2.41. The van der Waals surface area contributed by atoms with Crippen LogP contribution in [0.3, 0.4) is 0 Å². The summed E-state index contributed by atoms with van der Waals surface area (Å²) in [5, 5.41) is 4.65. The Morgan fingerprint density at radius 2 is 1.79 bits per heavy atom. The number of benzene rings is 2. The molecule has 29 heavy (non-hydrogen) atoms. The maximum Gasteiger partial charge on any atom is 0.143 e. The second kappa shape index (κ2) is 8.21. The van der Waals surface area contributed by atoms with Crippen molar-refractivity contribution in [3.63, 3.8) is 0 Å². The number of aromatic nitrogens is 2. The molecule has 0 amide bonds. The Hall–Kier alpha value is -2.92. The largest absolute Gasteiger partial charge is 0.494 e. The topological polar surface area (TPSA) is 47.0 Å². The molecule has 0 saturated heterocycles. The fraction of sp³-hybridized carbons (Fsp3) is 0.250. The van der Waals surface area contributed by atoms with Crippen LogP contribution in [0.4, 0.5) is 11.5 Å². The Morgan fingerprint density at radius 1 is 1.03 bits per heavy atom. The van der Waals surface area contributed by atoms with Gasteiger partial charge in [-0.1, -0.05) is 44.2 Å². The smallest absolute Gasteiger partial charge is 0.143 e. The molecule has 2 aromatic carbocycles. The minimum absolute atomic E-state index is 0.422. The Balaban J connectivity index is 1.83. The predicted octanol–water partition coefficient (Wildman–Crippen LogP) is 6.93. The second-order valence-electron chi connectivity index (χ2n) is 7.26. The van der Waals surface area contributed by atoms with Crippen LogP contribution in [0.5, 0.6) is 5.75 Å². The van der Waals surface area contributed by atoms with Gasteiger partial charge in [0.25, 0.3) is 0 Å². The lowest BCUT2D eigenvalue weighted by molar-refractivity contribution is 0.340. The van der Waals surface area contributed by atoms with E-state index in [-0.39, 0.29) is 0 Å². The van der Waals surface area contributed by atoms with Crippen molar-refractivity contribution in [3.05, 3.63) is 65.3 Å². The van der Waals surface area contributed by atoms with E-state index in [4.69, 9.17) is 4.74 Å². The highest BCUT2D eigenvalue weighted by molar-refractivity contribution is 7.19. The van der Waals surface area contributed by atoms with E-state index in [2.05, 4.69) is 72.5 Å². The number of hydrogen-bond donors (Lipinski definition) is 1. The van der Waals surface area contributed by atoms with Crippen LogP contribution in [0.25, 0.3) is 21.3 Å². The number of rotatable bonds is 6. The summed E-state index contributed by atoms with van der Waals surface area (Å²) in [5.74, 6) is 2.15. The summed E-state index contributed by atoms with van der Waals surface area (Å²) in [7, 11) is 0. The Morgan fingerprint density at radius 3 is 2.52 bits per heavy atom. The summed E-state index contributed by atoms with van der Waals surface area (Å²) >= 11 is 1.70. The lowest BCUT2D eigenvalue weighted by Gasteiger charge is -2.15. The summed E-state index contributed by atoms with van der Waals surface area (Å²) in [6.07, 6.45) is 1.64. The van der Waals surface area contributed by atoms with Crippen molar-refractivity contribution >= 4 is 33.1 Å². The maximum atomic E-state index is 5.60. The van der Waals surface area contributed by atoms with E-state index in [0.717, 1.165) is 33.0 Å². The van der Waals surface area contributed by atoms with Crippen LogP contribution in [-0.4, -0.2) is 16.6 Å². The standard InChI is InChI=1S/C24H25N3OS/c1-5-28-18-12-10-17(11-13-18)21-16(4)29-24-22(21)23(25-14-26-24)27-20-9-7-6-8-19(20)15(2)3/h6-15H,5H2,1-4H3,(H,25,26,27). The normalized spacial score (nSPS) is 11.2. The third-order valence-corrected chi connectivity index (χ3v) is 5.97. The first-order valence-corrected chi connectivity index (χ1v) is 10.7. The predicted molar refractivity (Wildman–Crippen MR) is 123 cm³/mol. The molecule has 0 radical (unpaired) electrons. The van der Waals surface area contributed by atoms with Gasteiger partial charge in [-0.05, 0) is 49.1 Å². The van der Waals surface area contributed by atoms with Crippen molar-refractivity contribution in [2.75, 3.05) is 11.9 Å². The zero-order valence-electron chi connectivity index (χ0n) is 17.2. The molecule has 1 N–H and O–H groups in total. The average Bonchev–Trinajstić information content (AvgIpc) is 3.06. The van der Waals surface area contributed by atoms with E-state index < -0.39 is 0 Å². The van der Waals surface area contributed by atoms with Crippen molar-refractivity contribution in [1.29, 1.82) is 0 Å². The third kappa shape index (κ3) is 3.83. The molecule has 0 aliphatic carbocycles. The van der Waals surface area contributed by atoms with E-state index in [0.29, 0.717) is 12.5 Å². The second-order valence-corrected chi connectivity index (χ2v) is 8.46. The summed E-state index contributed by atoms with van der Waals surface area (Å²) in [6.45, 7) is 9.21. The van der Waals surface area contributed by atoms with Crippen molar-refractivity contribution in [2.45, 2.75) is 33.6 Å². The first-order chi connectivity index (χ1) is 14.1. The van der Waals surface area contributed by atoms with Crippen LogP contribution in [0.1, 0.15) is 37.1 Å². The molecule has 0 bridgehead atoms. The number of ether oxygens (including phenoxy) is 1. The average molecular weight is 404 g/mol. The quantitative estimate of drug-likeness (QED) is 0.379. The van der Waals surface area contributed by atoms with Gasteiger partial charge in [0, 0.05) is 16.1 Å². The van der Waals surface area contributed by atoms with Crippen molar-refractivity contribution in [3.8, 4) is 16.9 Å². The van der Waals surface area contributed by atoms with Crippen LogP contribution >= 0.6 is 11.3 Å². The molecule has 0 aliphatic rings. The van der Waals surface area contributed by atoms with Gasteiger partial charge >= 0.3 is 0 Å². The van der Waals surface area contributed by atoms with Gasteiger partial charge < -0.3 is 10.1 Å². The highest BCUT2D eigenvalue weighted by atomic mass is 32.1. The van der Waals surface area contributed by atoms with Crippen LogP contribution in [-0.2, 0) is 0 Å². The fourth-order valence-electron chi connectivity index (χ4n) is 3.61. The molecule has 4 aromatic rings. The molecule has 2 heterocycles. The summed E-state index contributed by atoms with van der Waals surface area (Å²) in [6, 6.07) is 16.7. The number of anilines is 2. The molecule has 2 aromatic heterocycles. The number of fused-ring (bicyclic) bond motifs is 1. The molecule has 4 nitrogen and oxygen atoms in total. The van der Waals surface area contributed by atoms with Gasteiger partial charge in [-0.3, -0.25) is 0 Å². The SMILES string of the molecule is CCOc1ccc(-c2c(C)sc3ncnc(Nc4ccccc4C(C)C)c23)cc1. The Labute approximate surface area is 175 Å². The van der Waals surface area contributed by atoms with Crippen LogP contribution in [0.2, 0.25) is 0 Å². The molecule has 0 aliphatic heterocycles. The zero-order valence-corrected chi connectivity index (χ0v) is 18.0. The van der Waals surface area contributed by atoms with E-state index in [1.54, 1.807) is 17.7 Å². The van der Waals surface area contributed by atoms with Gasteiger partial charge in [0.15, 0.2) is 0 Å². The fourth-order valence-corrected chi connectivity index (χ4v) is 4.63. The lowest BCUT2D eigenvalue weighted by Crippen LogP contribution is -2.00. The maximum absolute atomic E-state index is 5.60. The molecule has 0 saturated carbocycles. The minimum Gasteiger partial charge on any atom is -0.494 e. The summed E-state index contributed by atoms with van der Waals surface area (Å²) in [5.41, 5.74) is 4.68. The first-order valence-electron chi connectivity index (χ1n) is 9.91. The Kier molecular flexibility index (Phi) is 5.49. The van der Waals surface area contributed by atoms with Gasteiger partial charge in [0.2, 0.25) is 0 Å². The van der Waals surface area contributed by atoms with Gasteiger partial charge in [0.1, 0.15) is 22.7 Å². The molecular weight excluding hydrogens is 378 g/mol. The molecule has 0 fully saturated rings. The van der Waals surface area contributed by atoms with E-state index in [1.165, 1.54) is 16.0 Å². The number of aryl methyl sites for hydroxylation is 1. The number of para-hydroxylation sites is 1. The summed E-state index contributed by atoms with van der Waals surface area (Å²) < 4.78 is 5.60. The van der Waals surface area contributed by atoms with E-state index in [1.807, 2.05) is 19.1 Å².